The van der Waals surface area contributed by atoms with Crippen LogP contribution in [0.15, 0.2) is 35.5 Å². The number of benzene rings is 1. The summed E-state index contributed by atoms with van der Waals surface area (Å²) in [5.41, 5.74) is 1.31. The van der Waals surface area contributed by atoms with Gasteiger partial charge in [0.25, 0.3) is 0 Å². The van der Waals surface area contributed by atoms with Gasteiger partial charge in [0.15, 0.2) is 0 Å². The van der Waals surface area contributed by atoms with Crippen molar-refractivity contribution in [2.75, 3.05) is 13.2 Å². The third kappa shape index (κ3) is 4.35. The molecule has 1 aliphatic rings. The molecular formula is C18H21ClN2O5. The number of carbonyl (C=O) groups is 3. The van der Waals surface area contributed by atoms with Crippen molar-refractivity contribution in [1.82, 2.24) is 10.2 Å². The van der Waals surface area contributed by atoms with E-state index in [-0.39, 0.29) is 31.6 Å². The maximum Gasteiger partial charge on any atom is 0.338 e. The van der Waals surface area contributed by atoms with Crippen molar-refractivity contribution in [1.29, 1.82) is 0 Å². The second kappa shape index (κ2) is 8.71. The van der Waals surface area contributed by atoms with Crippen LogP contribution in [-0.4, -0.2) is 41.1 Å². The highest BCUT2D eigenvalue weighted by Gasteiger charge is 2.37. The Morgan fingerprint density at radius 1 is 1.35 bits per heavy atom. The van der Waals surface area contributed by atoms with Crippen molar-refractivity contribution in [2.45, 2.75) is 32.7 Å². The van der Waals surface area contributed by atoms with E-state index in [0.717, 1.165) is 0 Å². The molecule has 140 valence electrons. The Labute approximate surface area is 156 Å². The Balaban J connectivity index is 2.42. The summed E-state index contributed by atoms with van der Waals surface area (Å²) < 4.78 is 5.16. The van der Waals surface area contributed by atoms with E-state index >= 15 is 0 Å². The highest BCUT2D eigenvalue weighted by molar-refractivity contribution is 6.31. The molecule has 0 saturated heterocycles. The minimum Gasteiger partial charge on any atom is -0.481 e. The number of hydrogen-bond donors (Lipinski definition) is 2. The molecule has 2 rings (SSSR count). The van der Waals surface area contributed by atoms with Gasteiger partial charge in [-0.15, -0.1) is 0 Å². The molecule has 1 aromatic rings. The molecule has 0 spiro atoms. The predicted octanol–water partition coefficient (Wildman–Crippen LogP) is 3.11. The molecule has 0 aliphatic carbocycles. The van der Waals surface area contributed by atoms with Gasteiger partial charge in [-0.2, -0.15) is 0 Å². The average Bonchev–Trinajstić information content (AvgIpc) is 2.57. The van der Waals surface area contributed by atoms with E-state index in [0.29, 0.717) is 16.3 Å². The predicted molar refractivity (Wildman–Crippen MR) is 95.6 cm³/mol. The number of aliphatic carboxylic acids is 1. The number of esters is 1. The van der Waals surface area contributed by atoms with Gasteiger partial charge in [-0.3, -0.25) is 9.69 Å². The maximum atomic E-state index is 12.5. The van der Waals surface area contributed by atoms with Crippen molar-refractivity contribution in [2.24, 2.45) is 0 Å². The minimum absolute atomic E-state index is 0.0697. The second-order valence-corrected chi connectivity index (χ2v) is 6.18. The fourth-order valence-corrected chi connectivity index (χ4v) is 3.10. The van der Waals surface area contributed by atoms with Crippen molar-refractivity contribution in [3.63, 3.8) is 0 Å². The number of amides is 2. The van der Waals surface area contributed by atoms with Crippen LogP contribution < -0.4 is 5.32 Å². The SMILES string of the molecule is CCOC(=O)C1=C(C)N(CCCC(=O)O)C(=O)NC1c1ccccc1Cl. The molecule has 8 heteroatoms. The molecule has 2 N–H and O–H groups in total. The molecule has 0 aromatic heterocycles. The first-order chi connectivity index (χ1) is 12.4. The Kier molecular flexibility index (Phi) is 6.63. The molecule has 1 heterocycles. The van der Waals surface area contributed by atoms with Crippen LogP contribution in [0, 0.1) is 0 Å². The van der Waals surface area contributed by atoms with Crippen LogP contribution in [0.5, 0.6) is 0 Å². The number of allylic oxidation sites excluding steroid dienone is 1. The first-order valence-electron chi connectivity index (χ1n) is 8.29. The largest absolute Gasteiger partial charge is 0.481 e. The van der Waals surface area contributed by atoms with Gasteiger partial charge in [-0.1, -0.05) is 29.8 Å². The normalized spacial score (nSPS) is 17.1. The number of rotatable bonds is 7. The fraction of sp³-hybridized carbons (Fsp3) is 0.389. The van der Waals surface area contributed by atoms with E-state index in [9.17, 15) is 14.4 Å². The molecule has 1 aromatic carbocycles. The summed E-state index contributed by atoms with van der Waals surface area (Å²) in [6, 6.07) is 5.80. The van der Waals surface area contributed by atoms with Gasteiger partial charge < -0.3 is 15.2 Å². The van der Waals surface area contributed by atoms with Crippen molar-refractivity contribution >= 4 is 29.6 Å². The standard InChI is InChI=1S/C18H21ClN2O5/c1-3-26-17(24)15-11(2)21(10-6-9-14(22)23)18(25)20-16(15)12-7-4-5-8-13(12)19/h4-5,7-8,16H,3,6,9-10H2,1-2H3,(H,20,25)(H,22,23). The van der Waals surface area contributed by atoms with Crippen LogP contribution in [0.1, 0.15) is 38.3 Å². The molecule has 2 amide bonds. The van der Waals surface area contributed by atoms with Crippen molar-refractivity contribution in [3.05, 3.63) is 46.1 Å². The number of carboxylic acid groups (broad SMARTS) is 1. The van der Waals surface area contributed by atoms with Gasteiger partial charge in [0.05, 0.1) is 18.2 Å². The summed E-state index contributed by atoms with van der Waals surface area (Å²) in [5.74, 6) is -1.48. The first-order valence-corrected chi connectivity index (χ1v) is 8.66. The second-order valence-electron chi connectivity index (χ2n) is 5.77. The Hall–Kier alpha value is -2.54. The van der Waals surface area contributed by atoms with Gasteiger partial charge in [-0.05, 0) is 31.9 Å². The Morgan fingerprint density at radius 2 is 2.04 bits per heavy atom. The zero-order chi connectivity index (χ0) is 19.3. The third-order valence-corrected chi connectivity index (χ3v) is 4.42. The van der Waals surface area contributed by atoms with Crippen LogP contribution in [-0.2, 0) is 14.3 Å². The lowest BCUT2D eigenvalue weighted by atomic mass is 9.94. The van der Waals surface area contributed by atoms with Gasteiger partial charge in [-0.25, -0.2) is 9.59 Å². The van der Waals surface area contributed by atoms with Crippen LogP contribution in [0.4, 0.5) is 4.79 Å². The molecule has 0 bridgehead atoms. The Morgan fingerprint density at radius 3 is 2.65 bits per heavy atom. The topological polar surface area (TPSA) is 95.9 Å². The van der Waals surface area contributed by atoms with Crippen molar-refractivity contribution in [3.8, 4) is 0 Å². The summed E-state index contributed by atoms with van der Waals surface area (Å²) in [6.45, 7) is 3.72. The van der Waals surface area contributed by atoms with Crippen molar-refractivity contribution < 1.29 is 24.2 Å². The number of carbonyl (C=O) groups excluding carboxylic acids is 2. The molecule has 0 fully saturated rings. The fourth-order valence-electron chi connectivity index (χ4n) is 2.85. The molecule has 26 heavy (non-hydrogen) atoms. The number of urea groups is 1. The highest BCUT2D eigenvalue weighted by Crippen LogP contribution is 2.34. The van der Waals surface area contributed by atoms with E-state index in [1.54, 1.807) is 38.1 Å². The van der Waals surface area contributed by atoms with Crippen LogP contribution in [0.2, 0.25) is 5.02 Å². The number of carboxylic acids is 1. The molecule has 1 aliphatic heterocycles. The van der Waals surface area contributed by atoms with E-state index in [1.807, 2.05) is 0 Å². The van der Waals surface area contributed by atoms with E-state index in [2.05, 4.69) is 5.32 Å². The summed E-state index contributed by atoms with van der Waals surface area (Å²) in [4.78, 5) is 37.2. The van der Waals surface area contributed by atoms with Gasteiger partial charge in [0.2, 0.25) is 0 Å². The minimum atomic E-state index is -0.941. The molecule has 1 unspecified atom stereocenters. The monoisotopic (exact) mass is 380 g/mol. The molecule has 1 atom stereocenters. The third-order valence-electron chi connectivity index (χ3n) is 4.08. The summed E-state index contributed by atoms with van der Waals surface area (Å²) >= 11 is 6.25. The van der Waals surface area contributed by atoms with Crippen LogP contribution in [0.3, 0.4) is 0 Å². The zero-order valence-corrected chi connectivity index (χ0v) is 15.4. The quantitative estimate of drug-likeness (QED) is 0.708. The first kappa shape index (κ1) is 19.8. The average molecular weight is 381 g/mol. The van der Waals surface area contributed by atoms with E-state index in [1.165, 1.54) is 4.90 Å². The maximum absolute atomic E-state index is 12.5. The number of ether oxygens (including phenoxy) is 1. The lowest BCUT2D eigenvalue weighted by Gasteiger charge is -2.35. The Bertz CT molecular complexity index is 747. The van der Waals surface area contributed by atoms with E-state index in [4.69, 9.17) is 21.4 Å². The molecular weight excluding hydrogens is 360 g/mol. The lowest BCUT2D eigenvalue weighted by molar-refractivity contribution is -0.139. The molecule has 0 radical (unpaired) electrons. The van der Waals surface area contributed by atoms with Gasteiger partial charge in [0.1, 0.15) is 0 Å². The number of nitrogens with zero attached hydrogens (tertiary/aromatic N) is 1. The smallest absolute Gasteiger partial charge is 0.338 e. The van der Waals surface area contributed by atoms with E-state index < -0.39 is 24.0 Å². The number of nitrogens with one attached hydrogen (secondary N) is 1. The lowest BCUT2D eigenvalue weighted by Crippen LogP contribution is -2.48. The van der Waals surface area contributed by atoms with Crippen LogP contribution in [0.25, 0.3) is 0 Å². The van der Waals surface area contributed by atoms with Gasteiger partial charge in [0, 0.05) is 23.7 Å². The van der Waals surface area contributed by atoms with Crippen LogP contribution >= 0.6 is 11.6 Å². The zero-order valence-electron chi connectivity index (χ0n) is 14.6. The summed E-state index contributed by atoms with van der Waals surface area (Å²) in [5, 5.41) is 12.0. The number of halogens is 1. The summed E-state index contributed by atoms with van der Waals surface area (Å²) in [6.07, 6.45) is 0.201. The molecule has 0 saturated carbocycles. The van der Waals surface area contributed by atoms with Gasteiger partial charge >= 0.3 is 18.0 Å². The highest BCUT2D eigenvalue weighted by atomic mass is 35.5. The molecule has 7 nitrogen and oxygen atoms in total. The summed E-state index contributed by atoms with van der Waals surface area (Å²) in [7, 11) is 0. The number of hydrogen-bond acceptors (Lipinski definition) is 4.